The van der Waals surface area contributed by atoms with Crippen molar-refractivity contribution in [3.63, 3.8) is 0 Å². The van der Waals surface area contributed by atoms with Gasteiger partial charge in [0.15, 0.2) is 0 Å². The van der Waals surface area contributed by atoms with Gasteiger partial charge in [-0.25, -0.2) is 0 Å². The highest BCUT2D eigenvalue weighted by Gasteiger charge is 2.09. The fourth-order valence-corrected chi connectivity index (χ4v) is 1.33. The van der Waals surface area contributed by atoms with Crippen LogP contribution < -0.4 is 0 Å². The zero-order valence-corrected chi connectivity index (χ0v) is 13.2. The topological polar surface area (TPSA) is 27.7 Å². The highest BCUT2D eigenvalue weighted by molar-refractivity contribution is 4.59. The van der Waals surface area contributed by atoms with Crippen LogP contribution in [0.3, 0.4) is 0 Å². The van der Waals surface area contributed by atoms with Gasteiger partial charge in [0.2, 0.25) is 0 Å². The summed E-state index contributed by atoms with van der Waals surface area (Å²) in [6.07, 6.45) is 3.10. The molecule has 0 aliphatic heterocycles. The van der Waals surface area contributed by atoms with E-state index >= 15 is 0 Å². The van der Waals surface area contributed by atoms with Crippen molar-refractivity contribution in [1.82, 2.24) is 0 Å². The SMILES string of the molecule is CC(C)(C)OCCCCOCCCOC(C)(C)C. The van der Waals surface area contributed by atoms with Gasteiger partial charge in [-0.15, -0.1) is 0 Å². The van der Waals surface area contributed by atoms with Gasteiger partial charge in [0, 0.05) is 26.4 Å². The Morgan fingerprint density at radius 3 is 1.44 bits per heavy atom. The number of unbranched alkanes of at least 4 members (excludes halogenated alkanes) is 1. The van der Waals surface area contributed by atoms with Crippen molar-refractivity contribution in [2.24, 2.45) is 0 Å². The standard InChI is InChI=1S/C15H32O3/c1-14(2,3)17-12-8-7-10-16-11-9-13-18-15(4,5)6/h7-13H2,1-6H3. The maximum absolute atomic E-state index is 5.64. The average molecular weight is 260 g/mol. The van der Waals surface area contributed by atoms with Gasteiger partial charge in [-0.05, 0) is 60.8 Å². The Morgan fingerprint density at radius 2 is 0.944 bits per heavy atom. The summed E-state index contributed by atoms with van der Waals surface area (Å²) in [5, 5.41) is 0. The van der Waals surface area contributed by atoms with Crippen LogP contribution in [0.2, 0.25) is 0 Å². The van der Waals surface area contributed by atoms with Crippen molar-refractivity contribution in [1.29, 1.82) is 0 Å². The second-order valence-corrected chi connectivity index (χ2v) is 6.59. The maximum Gasteiger partial charge on any atom is 0.0598 e. The number of rotatable bonds is 9. The summed E-state index contributed by atoms with van der Waals surface area (Å²) in [7, 11) is 0. The summed E-state index contributed by atoms with van der Waals surface area (Å²) in [6.45, 7) is 15.7. The van der Waals surface area contributed by atoms with Crippen LogP contribution >= 0.6 is 0 Å². The first-order valence-electron chi connectivity index (χ1n) is 7.06. The fourth-order valence-electron chi connectivity index (χ4n) is 1.33. The average Bonchev–Trinajstić information content (AvgIpc) is 2.17. The Kier molecular flexibility index (Phi) is 8.83. The molecule has 0 saturated carbocycles. The van der Waals surface area contributed by atoms with E-state index in [-0.39, 0.29) is 11.2 Å². The van der Waals surface area contributed by atoms with Gasteiger partial charge in [-0.1, -0.05) is 0 Å². The van der Waals surface area contributed by atoms with Crippen molar-refractivity contribution in [2.75, 3.05) is 26.4 Å². The van der Waals surface area contributed by atoms with E-state index in [1.807, 2.05) is 0 Å². The summed E-state index contributed by atoms with van der Waals surface area (Å²) in [5.74, 6) is 0. The van der Waals surface area contributed by atoms with Gasteiger partial charge in [-0.3, -0.25) is 0 Å². The lowest BCUT2D eigenvalue weighted by Gasteiger charge is -2.19. The van der Waals surface area contributed by atoms with Crippen LogP contribution in [0.25, 0.3) is 0 Å². The molecule has 110 valence electrons. The van der Waals surface area contributed by atoms with Crippen LogP contribution in [-0.4, -0.2) is 37.6 Å². The maximum atomic E-state index is 5.64. The third kappa shape index (κ3) is 15.9. The number of hydrogen-bond donors (Lipinski definition) is 0. The lowest BCUT2D eigenvalue weighted by Crippen LogP contribution is -2.20. The van der Waals surface area contributed by atoms with E-state index in [9.17, 15) is 0 Å². The van der Waals surface area contributed by atoms with E-state index in [4.69, 9.17) is 14.2 Å². The quantitative estimate of drug-likeness (QED) is 0.590. The normalized spacial score (nSPS) is 13.0. The summed E-state index contributed by atoms with van der Waals surface area (Å²) in [4.78, 5) is 0. The predicted molar refractivity (Wildman–Crippen MR) is 76.1 cm³/mol. The fraction of sp³-hybridized carbons (Fsp3) is 1.00. The summed E-state index contributed by atoms with van der Waals surface area (Å²) >= 11 is 0. The lowest BCUT2D eigenvalue weighted by atomic mass is 10.2. The zero-order chi connectivity index (χ0) is 14.1. The molecule has 0 spiro atoms. The van der Waals surface area contributed by atoms with Crippen molar-refractivity contribution in [3.05, 3.63) is 0 Å². The Hall–Kier alpha value is -0.120. The highest BCUT2D eigenvalue weighted by Crippen LogP contribution is 2.08. The molecular formula is C15H32O3. The molecule has 0 N–H and O–H groups in total. The summed E-state index contributed by atoms with van der Waals surface area (Å²) in [6, 6.07) is 0. The molecule has 0 unspecified atom stereocenters. The molecule has 0 rings (SSSR count). The van der Waals surface area contributed by atoms with E-state index in [1.54, 1.807) is 0 Å². The molecular weight excluding hydrogens is 228 g/mol. The van der Waals surface area contributed by atoms with Crippen molar-refractivity contribution in [2.45, 2.75) is 72.0 Å². The smallest absolute Gasteiger partial charge is 0.0598 e. The van der Waals surface area contributed by atoms with E-state index in [2.05, 4.69) is 41.5 Å². The van der Waals surface area contributed by atoms with Crippen molar-refractivity contribution >= 4 is 0 Å². The highest BCUT2D eigenvalue weighted by atomic mass is 16.5. The molecule has 0 aliphatic rings. The minimum absolute atomic E-state index is 0.0227. The van der Waals surface area contributed by atoms with Crippen LogP contribution in [0, 0.1) is 0 Å². The molecule has 0 aliphatic carbocycles. The largest absolute Gasteiger partial charge is 0.381 e. The Bertz CT molecular complexity index is 167. The zero-order valence-electron chi connectivity index (χ0n) is 13.2. The Morgan fingerprint density at radius 1 is 0.556 bits per heavy atom. The van der Waals surface area contributed by atoms with Gasteiger partial charge < -0.3 is 14.2 Å². The van der Waals surface area contributed by atoms with Gasteiger partial charge in [0.25, 0.3) is 0 Å². The summed E-state index contributed by atoms with van der Waals surface area (Å²) in [5.41, 5.74) is -0.0601. The molecule has 0 bridgehead atoms. The van der Waals surface area contributed by atoms with E-state index in [0.717, 1.165) is 45.7 Å². The first-order chi connectivity index (χ1) is 8.21. The van der Waals surface area contributed by atoms with Crippen LogP contribution in [-0.2, 0) is 14.2 Å². The van der Waals surface area contributed by atoms with Gasteiger partial charge in [-0.2, -0.15) is 0 Å². The van der Waals surface area contributed by atoms with Crippen molar-refractivity contribution in [3.8, 4) is 0 Å². The molecule has 0 aromatic carbocycles. The molecule has 3 heteroatoms. The Labute approximate surface area is 113 Å². The van der Waals surface area contributed by atoms with Crippen LogP contribution in [0.5, 0.6) is 0 Å². The first-order valence-corrected chi connectivity index (χ1v) is 7.06. The molecule has 0 amide bonds. The number of hydrogen-bond acceptors (Lipinski definition) is 3. The third-order valence-corrected chi connectivity index (χ3v) is 2.19. The molecule has 18 heavy (non-hydrogen) atoms. The van der Waals surface area contributed by atoms with E-state index in [0.29, 0.717) is 0 Å². The molecule has 0 saturated heterocycles. The second kappa shape index (κ2) is 8.89. The molecule has 3 nitrogen and oxygen atoms in total. The predicted octanol–water partition coefficient (Wildman–Crippen LogP) is 3.80. The third-order valence-electron chi connectivity index (χ3n) is 2.19. The number of ether oxygens (including phenoxy) is 3. The molecule has 0 aromatic rings. The molecule has 0 fully saturated rings. The second-order valence-electron chi connectivity index (χ2n) is 6.59. The van der Waals surface area contributed by atoms with Crippen LogP contribution in [0.4, 0.5) is 0 Å². The monoisotopic (exact) mass is 260 g/mol. The molecule has 0 atom stereocenters. The lowest BCUT2D eigenvalue weighted by molar-refractivity contribution is -0.0174. The van der Waals surface area contributed by atoms with E-state index < -0.39 is 0 Å². The van der Waals surface area contributed by atoms with E-state index in [1.165, 1.54) is 0 Å². The summed E-state index contributed by atoms with van der Waals surface area (Å²) < 4.78 is 16.8. The van der Waals surface area contributed by atoms with Crippen LogP contribution in [0.1, 0.15) is 60.8 Å². The van der Waals surface area contributed by atoms with Gasteiger partial charge in [0.05, 0.1) is 11.2 Å². The molecule has 0 radical (unpaired) electrons. The minimum Gasteiger partial charge on any atom is -0.381 e. The van der Waals surface area contributed by atoms with Crippen LogP contribution in [0.15, 0.2) is 0 Å². The first kappa shape index (κ1) is 17.9. The van der Waals surface area contributed by atoms with Crippen molar-refractivity contribution < 1.29 is 14.2 Å². The minimum atomic E-state index is -0.0374. The van der Waals surface area contributed by atoms with Gasteiger partial charge in [0.1, 0.15) is 0 Å². The Balaban J connectivity index is 3.13. The van der Waals surface area contributed by atoms with Gasteiger partial charge >= 0.3 is 0 Å². The molecule has 0 aromatic heterocycles. The molecule has 0 heterocycles.